The van der Waals surface area contributed by atoms with Crippen LogP contribution in [0.2, 0.25) is 5.02 Å². The van der Waals surface area contributed by atoms with Crippen LogP contribution in [0.5, 0.6) is 0 Å². The first-order chi connectivity index (χ1) is 13.3. The number of aryl methyl sites for hydroxylation is 3. The summed E-state index contributed by atoms with van der Waals surface area (Å²) in [5.41, 5.74) is 5.41. The van der Waals surface area contributed by atoms with Gasteiger partial charge in [0.05, 0.1) is 17.3 Å². The number of halogens is 1. The lowest BCUT2D eigenvalue weighted by Gasteiger charge is -2.13. The van der Waals surface area contributed by atoms with Crippen molar-refractivity contribution in [2.45, 2.75) is 20.8 Å². The van der Waals surface area contributed by atoms with Crippen molar-refractivity contribution in [3.05, 3.63) is 69.9 Å². The van der Waals surface area contributed by atoms with Crippen molar-refractivity contribution in [1.29, 1.82) is 0 Å². The van der Waals surface area contributed by atoms with Gasteiger partial charge in [0.15, 0.2) is 0 Å². The molecule has 1 aromatic heterocycles. The van der Waals surface area contributed by atoms with E-state index >= 15 is 0 Å². The number of hydrogen-bond acceptors (Lipinski definition) is 3. The average Bonchev–Trinajstić information content (AvgIpc) is 3.13. The van der Waals surface area contributed by atoms with Gasteiger partial charge >= 0.3 is 0 Å². The van der Waals surface area contributed by atoms with Gasteiger partial charge in [0.25, 0.3) is 5.91 Å². The lowest BCUT2D eigenvalue weighted by Crippen LogP contribution is -2.33. The zero-order chi connectivity index (χ0) is 20.3. The van der Waals surface area contributed by atoms with Crippen LogP contribution in [0.25, 0.3) is 11.3 Å². The molecule has 7 heteroatoms. The molecule has 28 heavy (non-hydrogen) atoms. The van der Waals surface area contributed by atoms with E-state index in [9.17, 15) is 9.59 Å². The van der Waals surface area contributed by atoms with Gasteiger partial charge in [-0.2, -0.15) is 5.10 Å². The van der Waals surface area contributed by atoms with E-state index < -0.39 is 5.91 Å². The van der Waals surface area contributed by atoms with E-state index in [-0.39, 0.29) is 18.1 Å². The number of carbonyl (C=O) groups is 2. The SMILES string of the molecule is Cc1cc(C)c(NC(=O)CNC(=O)c2cc(-c3ccccc3Cl)n[nH]2)c(C)c1. The maximum atomic E-state index is 12.3. The van der Waals surface area contributed by atoms with Gasteiger partial charge in [0.2, 0.25) is 5.91 Å². The number of H-pyrrole nitrogens is 1. The Balaban J connectivity index is 1.62. The fourth-order valence-electron chi connectivity index (χ4n) is 3.06. The molecule has 3 rings (SSSR count). The molecule has 3 aromatic rings. The van der Waals surface area contributed by atoms with E-state index in [0.717, 1.165) is 27.9 Å². The predicted molar refractivity (Wildman–Crippen MR) is 111 cm³/mol. The Hall–Kier alpha value is -3.12. The molecular formula is C21H21ClN4O2. The number of rotatable bonds is 5. The summed E-state index contributed by atoms with van der Waals surface area (Å²) in [5, 5.41) is 12.8. The molecule has 0 spiro atoms. The minimum absolute atomic E-state index is 0.147. The van der Waals surface area contributed by atoms with Crippen LogP contribution in [0, 0.1) is 20.8 Å². The third kappa shape index (κ3) is 4.40. The zero-order valence-corrected chi connectivity index (χ0v) is 16.6. The maximum absolute atomic E-state index is 12.3. The van der Waals surface area contributed by atoms with Crippen LogP contribution in [0.4, 0.5) is 5.69 Å². The highest BCUT2D eigenvalue weighted by Gasteiger charge is 2.14. The number of nitrogens with zero attached hydrogens (tertiary/aromatic N) is 1. The number of benzene rings is 2. The van der Waals surface area contributed by atoms with Crippen molar-refractivity contribution in [3.8, 4) is 11.3 Å². The molecule has 0 unspecified atom stereocenters. The van der Waals surface area contributed by atoms with Gasteiger partial charge in [-0.3, -0.25) is 14.7 Å². The van der Waals surface area contributed by atoms with Gasteiger partial charge < -0.3 is 10.6 Å². The molecule has 0 fully saturated rings. The highest BCUT2D eigenvalue weighted by atomic mass is 35.5. The molecule has 0 saturated carbocycles. The summed E-state index contributed by atoms with van der Waals surface area (Å²) in [7, 11) is 0. The number of anilines is 1. The summed E-state index contributed by atoms with van der Waals surface area (Å²) in [6.45, 7) is 5.74. The number of carbonyl (C=O) groups excluding carboxylic acids is 2. The maximum Gasteiger partial charge on any atom is 0.269 e. The van der Waals surface area contributed by atoms with Crippen LogP contribution in [-0.4, -0.2) is 28.6 Å². The standard InChI is InChI=1S/C21H21ClN4O2/c1-12-8-13(2)20(14(3)9-12)24-19(27)11-23-21(28)18-10-17(25-26-18)15-6-4-5-7-16(15)22/h4-10H,11H2,1-3H3,(H,23,28)(H,24,27)(H,25,26). The highest BCUT2D eigenvalue weighted by Crippen LogP contribution is 2.26. The fraction of sp³-hybridized carbons (Fsp3) is 0.190. The van der Waals surface area contributed by atoms with Gasteiger partial charge in [0.1, 0.15) is 5.69 Å². The lowest BCUT2D eigenvalue weighted by atomic mass is 10.1. The average molecular weight is 397 g/mol. The van der Waals surface area contributed by atoms with Crippen LogP contribution in [0.1, 0.15) is 27.2 Å². The van der Waals surface area contributed by atoms with Crippen molar-refractivity contribution in [2.75, 3.05) is 11.9 Å². The number of nitrogens with one attached hydrogen (secondary N) is 3. The minimum Gasteiger partial charge on any atom is -0.342 e. The minimum atomic E-state index is -0.418. The molecule has 0 aliphatic rings. The molecule has 0 atom stereocenters. The molecule has 2 aromatic carbocycles. The van der Waals surface area contributed by atoms with E-state index in [1.807, 2.05) is 51.1 Å². The van der Waals surface area contributed by atoms with E-state index in [2.05, 4.69) is 20.8 Å². The third-order valence-electron chi connectivity index (χ3n) is 4.32. The molecule has 0 radical (unpaired) electrons. The Morgan fingerprint density at radius 2 is 1.75 bits per heavy atom. The summed E-state index contributed by atoms with van der Waals surface area (Å²) < 4.78 is 0. The largest absolute Gasteiger partial charge is 0.342 e. The van der Waals surface area contributed by atoms with Crippen molar-refractivity contribution < 1.29 is 9.59 Å². The molecule has 2 amide bonds. The Labute approximate surface area is 168 Å². The van der Waals surface area contributed by atoms with Crippen molar-refractivity contribution in [2.24, 2.45) is 0 Å². The number of amides is 2. The Kier molecular flexibility index (Phi) is 5.80. The quantitative estimate of drug-likeness (QED) is 0.608. The number of aromatic amines is 1. The summed E-state index contributed by atoms with van der Waals surface area (Å²) in [6, 6.07) is 12.8. The van der Waals surface area contributed by atoms with Gasteiger partial charge in [-0.25, -0.2) is 0 Å². The van der Waals surface area contributed by atoms with Gasteiger partial charge in [0, 0.05) is 11.3 Å². The van der Waals surface area contributed by atoms with E-state index in [1.54, 1.807) is 12.1 Å². The van der Waals surface area contributed by atoms with Crippen LogP contribution >= 0.6 is 11.6 Å². The van der Waals surface area contributed by atoms with Crippen LogP contribution in [0.3, 0.4) is 0 Å². The molecule has 0 aliphatic heterocycles. The zero-order valence-electron chi connectivity index (χ0n) is 15.9. The van der Waals surface area contributed by atoms with E-state index in [1.165, 1.54) is 0 Å². The van der Waals surface area contributed by atoms with Crippen molar-refractivity contribution in [1.82, 2.24) is 15.5 Å². The van der Waals surface area contributed by atoms with Crippen LogP contribution in [0.15, 0.2) is 42.5 Å². The lowest BCUT2D eigenvalue weighted by molar-refractivity contribution is -0.115. The van der Waals surface area contributed by atoms with Gasteiger partial charge in [-0.15, -0.1) is 0 Å². The Morgan fingerprint density at radius 3 is 2.43 bits per heavy atom. The second-order valence-corrected chi connectivity index (χ2v) is 7.06. The molecule has 3 N–H and O–H groups in total. The molecular weight excluding hydrogens is 376 g/mol. The smallest absolute Gasteiger partial charge is 0.269 e. The normalized spacial score (nSPS) is 10.6. The predicted octanol–water partition coefficient (Wildman–Crippen LogP) is 4.02. The summed E-state index contributed by atoms with van der Waals surface area (Å²) in [6.07, 6.45) is 0. The highest BCUT2D eigenvalue weighted by molar-refractivity contribution is 6.33. The summed E-state index contributed by atoms with van der Waals surface area (Å²) in [5.74, 6) is -0.715. The first-order valence-electron chi connectivity index (χ1n) is 8.81. The number of hydrogen-bond donors (Lipinski definition) is 3. The third-order valence-corrected chi connectivity index (χ3v) is 4.65. The first kappa shape index (κ1) is 19.6. The van der Waals surface area contributed by atoms with Crippen LogP contribution in [-0.2, 0) is 4.79 Å². The molecule has 0 aliphatic carbocycles. The van der Waals surface area contributed by atoms with E-state index in [4.69, 9.17) is 11.6 Å². The molecule has 6 nitrogen and oxygen atoms in total. The molecule has 0 saturated heterocycles. The van der Waals surface area contributed by atoms with Gasteiger partial charge in [-0.1, -0.05) is 47.5 Å². The Morgan fingerprint density at radius 1 is 1.07 bits per heavy atom. The monoisotopic (exact) mass is 396 g/mol. The summed E-state index contributed by atoms with van der Waals surface area (Å²) in [4.78, 5) is 24.6. The Bertz CT molecular complexity index is 1020. The van der Waals surface area contributed by atoms with Crippen molar-refractivity contribution >= 4 is 29.1 Å². The molecule has 1 heterocycles. The molecule has 0 bridgehead atoms. The second-order valence-electron chi connectivity index (χ2n) is 6.65. The second kappa shape index (κ2) is 8.27. The van der Waals surface area contributed by atoms with Crippen LogP contribution < -0.4 is 10.6 Å². The fourth-order valence-corrected chi connectivity index (χ4v) is 3.29. The van der Waals surface area contributed by atoms with E-state index in [0.29, 0.717) is 10.7 Å². The molecule has 144 valence electrons. The number of aromatic nitrogens is 2. The van der Waals surface area contributed by atoms with Crippen molar-refractivity contribution in [3.63, 3.8) is 0 Å². The first-order valence-corrected chi connectivity index (χ1v) is 9.19. The summed E-state index contributed by atoms with van der Waals surface area (Å²) >= 11 is 6.16. The van der Waals surface area contributed by atoms with Gasteiger partial charge in [-0.05, 0) is 44.0 Å². The topological polar surface area (TPSA) is 86.9 Å².